The standard InChI is InChI=1S/C20H22ClFN2O2/c1-13(2)26-19-18(21)11-15(12-23-19)20(25)24-8-4-7-17(24)10-14-5-3-6-16(22)9-14/h3,5-6,9,11-13,17H,4,7-8,10H2,1-2H3. The van der Waals surface area contributed by atoms with E-state index in [1.54, 1.807) is 12.1 Å². The molecule has 0 bridgehead atoms. The number of carbonyl (C=O) groups is 1. The quantitative estimate of drug-likeness (QED) is 0.771. The molecule has 3 rings (SSSR count). The third kappa shape index (κ3) is 4.33. The second-order valence-corrected chi connectivity index (χ2v) is 7.21. The molecule has 1 aliphatic rings. The largest absolute Gasteiger partial charge is 0.474 e. The lowest BCUT2D eigenvalue weighted by Crippen LogP contribution is -2.36. The maximum Gasteiger partial charge on any atom is 0.255 e. The number of amides is 1. The number of halogens is 2. The SMILES string of the molecule is CC(C)Oc1ncc(C(=O)N2CCCC2Cc2cccc(F)c2)cc1Cl. The highest BCUT2D eigenvalue weighted by atomic mass is 35.5. The Labute approximate surface area is 157 Å². The summed E-state index contributed by atoms with van der Waals surface area (Å²) in [5, 5.41) is 0.324. The first-order valence-corrected chi connectivity index (χ1v) is 9.19. The molecule has 1 aromatic heterocycles. The second kappa shape index (κ2) is 8.04. The minimum absolute atomic E-state index is 0.0456. The molecule has 26 heavy (non-hydrogen) atoms. The highest BCUT2D eigenvalue weighted by Crippen LogP contribution is 2.27. The summed E-state index contributed by atoms with van der Waals surface area (Å²) in [7, 11) is 0. The monoisotopic (exact) mass is 376 g/mol. The van der Waals surface area contributed by atoms with Gasteiger partial charge in [-0.25, -0.2) is 9.37 Å². The molecule has 138 valence electrons. The van der Waals surface area contributed by atoms with E-state index in [4.69, 9.17) is 16.3 Å². The lowest BCUT2D eigenvalue weighted by atomic mass is 10.0. The van der Waals surface area contributed by atoms with Crippen LogP contribution in [0.15, 0.2) is 36.5 Å². The summed E-state index contributed by atoms with van der Waals surface area (Å²) in [4.78, 5) is 18.9. The molecule has 1 fully saturated rings. The molecular weight excluding hydrogens is 355 g/mol. The molecule has 2 heterocycles. The molecule has 2 aromatic rings. The van der Waals surface area contributed by atoms with Crippen molar-refractivity contribution >= 4 is 17.5 Å². The molecule has 1 unspecified atom stereocenters. The molecule has 1 aliphatic heterocycles. The zero-order chi connectivity index (χ0) is 18.7. The number of rotatable bonds is 5. The number of hydrogen-bond donors (Lipinski definition) is 0. The zero-order valence-electron chi connectivity index (χ0n) is 14.9. The van der Waals surface area contributed by atoms with E-state index in [0.29, 0.717) is 29.4 Å². The fourth-order valence-electron chi connectivity index (χ4n) is 3.27. The molecule has 1 atom stereocenters. The molecule has 1 aromatic carbocycles. The van der Waals surface area contributed by atoms with Crippen molar-refractivity contribution in [1.29, 1.82) is 0 Å². The van der Waals surface area contributed by atoms with Gasteiger partial charge in [0.25, 0.3) is 5.91 Å². The van der Waals surface area contributed by atoms with Gasteiger partial charge in [0, 0.05) is 18.8 Å². The Morgan fingerprint density at radius 1 is 1.42 bits per heavy atom. The number of aromatic nitrogens is 1. The molecule has 0 radical (unpaired) electrons. The van der Waals surface area contributed by atoms with Crippen LogP contribution in [0, 0.1) is 5.82 Å². The summed E-state index contributed by atoms with van der Waals surface area (Å²) < 4.78 is 18.9. The number of carbonyl (C=O) groups excluding carboxylic acids is 1. The summed E-state index contributed by atoms with van der Waals surface area (Å²) >= 11 is 6.21. The lowest BCUT2D eigenvalue weighted by Gasteiger charge is -2.25. The van der Waals surface area contributed by atoms with Gasteiger partial charge < -0.3 is 9.64 Å². The molecular formula is C20H22ClFN2O2. The number of benzene rings is 1. The van der Waals surface area contributed by atoms with Gasteiger partial charge in [0.1, 0.15) is 10.8 Å². The summed E-state index contributed by atoms with van der Waals surface area (Å²) in [6.07, 6.45) is 3.93. The Kier molecular flexibility index (Phi) is 5.77. The third-order valence-corrected chi connectivity index (χ3v) is 4.67. The van der Waals surface area contributed by atoms with Crippen LogP contribution in [-0.4, -0.2) is 34.5 Å². The van der Waals surface area contributed by atoms with Gasteiger partial charge in [-0.05, 0) is 56.9 Å². The summed E-state index contributed by atoms with van der Waals surface area (Å²) in [6, 6.07) is 8.19. The predicted octanol–water partition coefficient (Wildman–Crippen LogP) is 4.51. The van der Waals surface area contributed by atoms with Crippen molar-refractivity contribution in [2.24, 2.45) is 0 Å². The maximum atomic E-state index is 13.4. The first-order valence-electron chi connectivity index (χ1n) is 8.81. The molecule has 1 amide bonds. The van der Waals surface area contributed by atoms with E-state index in [9.17, 15) is 9.18 Å². The van der Waals surface area contributed by atoms with Gasteiger partial charge in [0.2, 0.25) is 5.88 Å². The van der Waals surface area contributed by atoms with Gasteiger partial charge in [0.15, 0.2) is 0 Å². The van der Waals surface area contributed by atoms with E-state index < -0.39 is 0 Å². The average Bonchev–Trinajstić information content (AvgIpc) is 3.04. The van der Waals surface area contributed by atoms with Crippen LogP contribution < -0.4 is 4.74 Å². The highest BCUT2D eigenvalue weighted by molar-refractivity contribution is 6.32. The topological polar surface area (TPSA) is 42.4 Å². The van der Waals surface area contributed by atoms with Crippen molar-refractivity contribution < 1.29 is 13.9 Å². The Morgan fingerprint density at radius 2 is 2.23 bits per heavy atom. The number of ether oxygens (including phenoxy) is 1. The van der Waals surface area contributed by atoms with Crippen molar-refractivity contribution in [3.8, 4) is 5.88 Å². The van der Waals surface area contributed by atoms with Gasteiger partial charge in [-0.1, -0.05) is 23.7 Å². The molecule has 6 heteroatoms. The molecule has 0 saturated carbocycles. The Morgan fingerprint density at radius 3 is 2.92 bits per heavy atom. The number of nitrogens with zero attached hydrogens (tertiary/aromatic N) is 2. The fourth-order valence-corrected chi connectivity index (χ4v) is 3.48. The number of likely N-dealkylation sites (tertiary alicyclic amines) is 1. The van der Waals surface area contributed by atoms with Crippen LogP contribution in [0.3, 0.4) is 0 Å². The van der Waals surface area contributed by atoms with Crippen LogP contribution in [0.5, 0.6) is 5.88 Å². The smallest absolute Gasteiger partial charge is 0.255 e. The van der Waals surface area contributed by atoms with Crippen molar-refractivity contribution in [3.05, 3.63) is 58.5 Å². The van der Waals surface area contributed by atoms with E-state index in [1.165, 1.54) is 18.3 Å². The normalized spacial score (nSPS) is 17.0. The van der Waals surface area contributed by atoms with Crippen molar-refractivity contribution in [2.45, 2.75) is 45.3 Å². The predicted molar refractivity (Wildman–Crippen MR) is 99.2 cm³/mol. The van der Waals surface area contributed by atoms with Crippen LogP contribution in [0.4, 0.5) is 4.39 Å². The van der Waals surface area contributed by atoms with Crippen LogP contribution in [0.2, 0.25) is 5.02 Å². The molecule has 4 nitrogen and oxygen atoms in total. The molecule has 0 spiro atoms. The van der Waals surface area contributed by atoms with Gasteiger partial charge in [-0.15, -0.1) is 0 Å². The summed E-state index contributed by atoms with van der Waals surface area (Å²) in [5.74, 6) is -0.0274. The number of pyridine rings is 1. The summed E-state index contributed by atoms with van der Waals surface area (Å²) in [6.45, 7) is 4.46. The van der Waals surface area contributed by atoms with Crippen LogP contribution in [0.1, 0.15) is 42.6 Å². The first kappa shape index (κ1) is 18.6. The minimum atomic E-state index is -0.255. The van der Waals surface area contributed by atoms with Crippen molar-refractivity contribution in [3.63, 3.8) is 0 Å². The van der Waals surface area contributed by atoms with Crippen LogP contribution in [-0.2, 0) is 6.42 Å². The van der Waals surface area contributed by atoms with Gasteiger partial charge in [0.05, 0.1) is 11.7 Å². The third-order valence-electron chi connectivity index (χ3n) is 4.40. The molecule has 0 aliphatic carbocycles. The van der Waals surface area contributed by atoms with Gasteiger partial charge >= 0.3 is 0 Å². The van der Waals surface area contributed by atoms with Gasteiger partial charge in [-0.3, -0.25) is 4.79 Å². The minimum Gasteiger partial charge on any atom is -0.474 e. The van der Waals surface area contributed by atoms with E-state index >= 15 is 0 Å². The van der Waals surface area contributed by atoms with Crippen LogP contribution >= 0.6 is 11.6 Å². The Balaban J connectivity index is 1.74. The first-order chi connectivity index (χ1) is 12.4. The van der Waals surface area contributed by atoms with Crippen molar-refractivity contribution in [1.82, 2.24) is 9.88 Å². The van der Waals surface area contributed by atoms with E-state index in [2.05, 4.69) is 4.98 Å². The number of hydrogen-bond acceptors (Lipinski definition) is 3. The van der Waals surface area contributed by atoms with E-state index in [1.807, 2.05) is 24.8 Å². The van der Waals surface area contributed by atoms with E-state index in [0.717, 1.165) is 18.4 Å². The van der Waals surface area contributed by atoms with E-state index in [-0.39, 0.29) is 23.9 Å². The van der Waals surface area contributed by atoms with Crippen LogP contribution in [0.25, 0.3) is 0 Å². The van der Waals surface area contributed by atoms with Crippen molar-refractivity contribution in [2.75, 3.05) is 6.54 Å². The Hall–Kier alpha value is -2.14. The summed E-state index contributed by atoms with van der Waals surface area (Å²) in [5.41, 5.74) is 1.34. The second-order valence-electron chi connectivity index (χ2n) is 6.81. The Bertz CT molecular complexity index is 797. The maximum absolute atomic E-state index is 13.4. The molecule has 1 saturated heterocycles. The fraction of sp³-hybridized carbons (Fsp3) is 0.400. The zero-order valence-corrected chi connectivity index (χ0v) is 15.7. The highest BCUT2D eigenvalue weighted by Gasteiger charge is 2.30. The molecule has 0 N–H and O–H groups in total. The lowest BCUT2D eigenvalue weighted by molar-refractivity contribution is 0.0736. The van der Waals surface area contributed by atoms with Gasteiger partial charge in [-0.2, -0.15) is 0 Å². The average molecular weight is 377 g/mol.